The summed E-state index contributed by atoms with van der Waals surface area (Å²) in [6, 6.07) is 19.5. The lowest BCUT2D eigenvalue weighted by atomic mass is 9.83. The van der Waals surface area contributed by atoms with E-state index in [4.69, 9.17) is 9.73 Å². The molecule has 2 aliphatic rings. The highest BCUT2D eigenvalue weighted by molar-refractivity contribution is 7.11. The van der Waals surface area contributed by atoms with E-state index in [1.54, 1.807) is 23.5 Å². The van der Waals surface area contributed by atoms with Gasteiger partial charge < -0.3 is 4.74 Å². The summed E-state index contributed by atoms with van der Waals surface area (Å²) in [4.78, 5) is 32.4. The molecule has 1 aliphatic heterocycles. The number of methoxy groups -OCH3 is 1. The van der Waals surface area contributed by atoms with Gasteiger partial charge in [-0.3, -0.25) is 9.36 Å². The van der Waals surface area contributed by atoms with E-state index >= 15 is 0 Å². The van der Waals surface area contributed by atoms with Gasteiger partial charge in [0.25, 0.3) is 5.56 Å². The van der Waals surface area contributed by atoms with E-state index < -0.39 is 0 Å². The fourth-order valence-electron chi connectivity index (χ4n) is 4.74. The highest BCUT2D eigenvalue weighted by Gasteiger charge is 2.32. The highest BCUT2D eigenvalue weighted by Crippen LogP contribution is 2.41. The van der Waals surface area contributed by atoms with Crippen LogP contribution in [0.3, 0.4) is 0 Å². The Balaban J connectivity index is 1.60. The fourth-order valence-corrected chi connectivity index (χ4v) is 6.47. The first-order chi connectivity index (χ1) is 16.6. The van der Waals surface area contributed by atoms with Crippen LogP contribution in [0.4, 0.5) is 0 Å². The van der Waals surface area contributed by atoms with Crippen LogP contribution in [0.2, 0.25) is 0 Å². The molecule has 0 radical (unpaired) electrons. The standard InChI is InChI=1S/C27H20N2O3S2/c1-32-26(31)18-10-8-17(9-11-18)24-21-13-12-16-5-2-3-7-20(16)23(21)28-27-29(24)25(30)22(34-27)15-19-6-4-14-33-19/h2-11,14-15,24H,12-13H2,1H3/b22-15+/t24-/m1/s1. The number of thiazole rings is 1. The molecule has 3 heterocycles. The van der Waals surface area contributed by atoms with Gasteiger partial charge in [0, 0.05) is 10.4 Å². The van der Waals surface area contributed by atoms with E-state index in [9.17, 15) is 9.59 Å². The van der Waals surface area contributed by atoms with Crippen molar-refractivity contribution in [3.05, 3.63) is 118 Å². The average molecular weight is 485 g/mol. The Kier molecular flexibility index (Phi) is 5.16. The van der Waals surface area contributed by atoms with Crippen LogP contribution in [0, 0.1) is 0 Å². The molecular weight excluding hydrogens is 464 g/mol. The van der Waals surface area contributed by atoms with Crippen LogP contribution >= 0.6 is 22.7 Å². The summed E-state index contributed by atoms with van der Waals surface area (Å²) >= 11 is 3.03. The number of benzene rings is 2. The van der Waals surface area contributed by atoms with Gasteiger partial charge in [0.2, 0.25) is 0 Å². The zero-order chi connectivity index (χ0) is 23.2. The molecule has 0 N–H and O–H groups in total. The van der Waals surface area contributed by atoms with Crippen molar-refractivity contribution in [3.63, 3.8) is 0 Å². The van der Waals surface area contributed by atoms with Crippen LogP contribution < -0.4 is 14.9 Å². The number of ether oxygens (including phenoxy) is 1. The minimum Gasteiger partial charge on any atom is -0.465 e. The molecule has 0 saturated carbocycles. The van der Waals surface area contributed by atoms with E-state index in [1.807, 2.05) is 46.4 Å². The van der Waals surface area contributed by atoms with E-state index in [2.05, 4.69) is 18.2 Å². The van der Waals surface area contributed by atoms with E-state index in [-0.39, 0.29) is 17.6 Å². The Morgan fingerprint density at radius 1 is 1.09 bits per heavy atom. The number of hydrogen-bond donors (Lipinski definition) is 0. The zero-order valence-corrected chi connectivity index (χ0v) is 20.0. The normalized spacial score (nSPS) is 17.0. The minimum atomic E-state index is -0.377. The molecule has 7 heteroatoms. The number of aryl methyl sites for hydroxylation is 1. The third-order valence-corrected chi connectivity index (χ3v) is 8.14. The van der Waals surface area contributed by atoms with Crippen LogP contribution in [0.5, 0.6) is 0 Å². The molecule has 0 amide bonds. The lowest BCUT2D eigenvalue weighted by Crippen LogP contribution is -2.38. The number of nitrogens with zero attached hydrogens (tertiary/aromatic N) is 2. The van der Waals surface area contributed by atoms with Gasteiger partial charge in [-0.05, 0) is 59.2 Å². The minimum absolute atomic E-state index is 0.0374. The first-order valence-corrected chi connectivity index (χ1v) is 12.7. The summed E-state index contributed by atoms with van der Waals surface area (Å²) in [5.41, 5.74) is 5.92. The van der Waals surface area contributed by atoms with Crippen molar-refractivity contribution in [1.82, 2.24) is 4.57 Å². The summed E-state index contributed by atoms with van der Waals surface area (Å²) in [7, 11) is 1.37. The second-order valence-electron chi connectivity index (χ2n) is 8.24. The number of esters is 1. The summed E-state index contributed by atoms with van der Waals surface area (Å²) in [6.45, 7) is 0. The molecule has 34 heavy (non-hydrogen) atoms. The monoisotopic (exact) mass is 484 g/mol. The molecule has 0 fully saturated rings. The number of carbonyl (C=O) groups is 1. The first-order valence-electron chi connectivity index (χ1n) is 11.0. The smallest absolute Gasteiger partial charge is 0.337 e. The van der Waals surface area contributed by atoms with Gasteiger partial charge in [-0.15, -0.1) is 11.3 Å². The third kappa shape index (κ3) is 3.40. The number of aromatic nitrogens is 1. The molecule has 2 aromatic heterocycles. The van der Waals surface area contributed by atoms with Gasteiger partial charge in [-0.1, -0.05) is 53.8 Å². The van der Waals surface area contributed by atoms with Crippen molar-refractivity contribution in [2.24, 2.45) is 4.99 Å². The Morgan fingerprint density at radius 2 is 1.91 bits per heavy atom. The van der Waals surface area contributed by atoms with E-state index in [1.165, 1.54) is 24.0 Å². The number of thiophene rings is 1. The van der Waals surface area contributed by atoms with Gasteiger partial charge in [0.15, 0.2) is 4.80 Å². The Hall–Kier alpha value is -3.55. The molecule has 0 bridgehead atoms. The molecule has 168 valence electrons. The third-order valence-electron chi connectivity index (χ3n) is 6.34. The largest absolute Gasteiger partial charge is 0.465 e. The molecule has 1 atom stereocenters. The maximum atomic E-state index is 13.7. The quantitative estimate of drug-likeness (QED) is 0.410. The molecular formula is C27H20N2O3S2. The number of allylic oxidation sites excluding steroid dienone is 1. The second-order valence-corrected chi connectivity index (χ2v) is 10.2. The maximum Gasteiger partial charge on any atom is 0.337 e. The number of carbonyl (C=O) groups excluding carboxylic acids is 1. The van der Waals surface area contributed by atoms with Crippen molar-refractivity contribution < 1.29 is 9.53 Å². The van der Waals surface area contributed by atoms with Gasteiger partial charge in [-0.25, -0.2) is 9.79 Å². The highest BCUT2D eigenvalue weighted by atomic mass is 32.1. The molecule has 2 aromatic carbocycles. The van der Waals surface area contributed by atoms with Gasteiger partial charge in [0.05, 0.1) is 28.9 Å². The molecule has 1 aliphatic carbocycles. The van der Waals surface area contributed by atoms with E-state index in [0.29, 0.717) is 14.9 Å². The zero-order valence-electron chi connectivity index (χ0n) is 18.4. The Morgan fingerprint density at radius 3 is 2.68 bits per heavy atom. The van der Waals surface area contributed by atoms with E-state index in [0.717, 1.165) is 40.1 Å². The van der Waals surface area contributed by atoms with Crippen molar-refractivity contribution in [2.75, 3.05) is 7.11 Å². The molecule has 5 nitrogen and oxygen atoms in total. The number of rotatable bonds is 3. The van der Waals surface area contributed by atoms with Crippen molar-refractivity contribution in [1.29, 1.82) is 0 Å². The predicted octanol–water partition coefficient (Wildman–Crippen LogP) is 4.17. The predicted molar refractivity (Wildman–Crippen MR) is 135 cm³/mol. The van der Waals surface area contributed by atoms with Crippen molar-refractivity contribution in [3.8, 4) is 0 Å². The van der Waals surface area contributed by atoms with Crippen LogP contribution in [-0.2, 0) is 11.2 Å². The molecule has 0 saturated heterocycles. The van der Waals surface area contributed by atoms with Crippen LogP contribution in [-0.4, -0.2) is 17.6 Å². The first kappa shape index (κ1) is 21.0. The van der Waals surface area contributed by atoms with Gasteiger partial charge in [0.1, 0.15) is 0 Å². The topological polar surface area (TPSA) is 60.7 Å². The number of hydrogen-bond acceptors (Lipinski definition) is 6. The van der Waals surface area contributed by atoms with Crippen LogP contribution in [0.25, 0.3) is 11.8 Å². The average Bonchev–Trinajstić information content (AvgIpc) is 3.50. The summed E-state index contributed by atoms with van der Waals surface area (Å²) in [6.07, 6.45) is 3.68. The van der Waals surface area contributed by atoms with Crippen molar-refractivity contribution in [2.45, 2.75) is 18.9 Å². The number of fused-ring (bicyclic) bond motifs is 3. The Bertz CT molecular complexity index is 1620. The fraction of sp³-hybridized carbons (Fsp3) is 0.148. The summed E-state index contributed by atoms with van der Waals surface area (Å²) in [5, 5.41) is 2.00. The molecule has 0 spiro atoms. The lowest BCUT2D eigenvalue weighted by Gasteiger charge is -2.30. The van der Waals surface area contributed by atoms with Crippen LogP contribution in [0.15, 0.2) is 81.4 Å². The molecule has 0 unspecified atom stereocenters. The van der Waals surface area contributed by atoms with Crippen molar-refractivity contribution >= 4 is 40.4 Å². The summed E-state index contributed by atoms with van der Waals surface area (Å²) < 4.78 is 7.35. The second kappa shape index (κ2) is 8.34. The molecule has 6 rings (SSSR count). The maximum absolute atomic E-state index is 13.7. The SMILES string of the molecule is COC(=O)c1ccc([C@@H]2C3=C(N=c4s/c(=C/c5cccs5)c(=O)n42)c2ccccc2CC3)cc1. The summed E-state index contributed by atoms with van der Waals surface area (Å²) in [5.74, 6) is -0.377. The van der Waals surface area contributed by atoms with Gasteiger partial charge in [-0.2, -0.15) is 0 Å². The molecule has 4 aromatic rings. The van der Waals surface area contributed by atoms with Crippen LogP contribution in [0.1, 0.15) is 44.4 Å². The Labute approximate surface area is 203 Å². The van der Waals surface area contributed by atoms with Gasteiger partial charge >= 0.3 is 5.97 Å². The lowest BCUT2D eigenvalue weighted by molar-refractivity contribution is 0.0600.